The van der Waals surface area contributed by atoms with E-state index in [0.29, 0.717) is 6.54 Å². The molecule has 3 N–H and O–H groups in total. The molecule has 1 heterocycles. The summed E-state index contributed by atoms with van der Waals surface area (Å²) in [4.78, 5) is 14.4. The van der Waals surface area contributed by atoms with Gasteiger partial charge in [0.25, 0.3) is 0 Å². The molecule has 1 fully saturated rings. The second-order valence-corrected chi connectivity index (χ2v) is 7.37. The first-order chi connectivity index (χ1) is 10.3. The van der Waals surface area contributed by atoms with Crippen LogP contribution in [0.1, 0.15) is 40.5 Å². The van der Waals surface area contributed by atoms with Crippen molar-refractivity contribution in [2.75, 3.05) is 26.2 Å². The summed E-state index contributed by atoms with van der Waals surface area (Å²) in [5, 5.41) is 16.1. The number of rotatable bonds is 7. The molecule has 0 aromatic carbocycles. The summed E-state index contributed by atoms with van der Waals surface area (Å²) < 4.78 is 0. The first-order valence-corrected chi connectivity index (χ1v) is 8.32. The topological polar surface area (TPSA) is 64.6 Å². The van der Waals surface area contributed by atoms with Crippen molar-refractivity contribution in [1.29, 1.82) is 0 Å². The zero-order valence-corrected chi connectivity index (χ0v) is 14.6. The van der Waals surface area contributed by atoms with E-state index >= 15 is 0 Å². The molecule has 1 rings (SSSR count). The molecule has 0 spiro atoms. The van der Waals surface area contributed by atoms with E-state index in [1.807, 2.05) is 33.8 Å². The fourth-order valence-electron chi connectivity index (χ4n) is 2.99. The average Bonchev–Trinajstić information content (AvgIpc) is 2.46. The van der Waals surface area contributed by atoms with Gasteiger partial charge in [-0.1, -0.05) is 33.8 Å². The summed E-state index contributed by atoms with van der Waals surface area (Å²) >= 11 is 0. The molecule has 1 aliphatic heterocycles. The molecule has 128 valence electrons. The molecule has 1 saturated heterocycles. The summed E-state index contributed by atoms with van der Waals surface area (Å²) in [6.45, 7) is 15.1. The predicted octanol–water partition coefficient (Wildman–Crippen LogP) is 1.98. The number of amides is 2. The number of aliphatic hydroxyl groups is 1. The minimum absolute atomic E-state index is 0.133. The summed E-state index contributed by atoms with van der Waals surface area (Å²) in [6.07, 6.45) is 3.43. The number of piperidine rings is 1. The predicted molar refractivity (Wildman–Crippen MR) is 90.8 cm³/mol. The van der Waals surface area contributed by atoms with Gasteiger partial charge in [-0.05, 0) is 18.8 Å². The molecule has 1 atom stereocenters. The highest BCUT2D eigenvalue weighted by Crippen LogP contribution is 2.25. The van der Waals surface area contributed by atoms with Crippen LogP contribution in [0, 0.1) is 11.3 Å². The van der Waals surface area contributed by atoms with Crippen molar-refractivity contribution in [1.82, 2.24) is 15.5 Å². The van der Waals surface area contributed by atoms with Crippen molar-refractivity contribution in [2.45, 2.75) is 52.7 Å². The Morgan fingerprint density at radius 2 is 2.00 bits per heavy atom. The van der Waals surface area contributed by atoms with Crippen LogP contribution in [0.15, 0.2) is 12.7 Å². The molecule has 0 aromatic rings. The lowest BCUT2D eigenvalue weighted by Crippen LogP contribution is -2.51. The molecule has 0 bridgehead atoms. The Hall–Kier alpha value is -1.07. The van der Waals surface area contributed by atoms with Crippen molar-refractivity contribution in [2.24, 2.45) is 11.3 Å². The third kappa shape index (κ3) is 5.97. The van der Waals surface area contributed by atoms with Crippen molar-refractivity contribution in [3.8, 4) is 0 Å². The standard InChI is InChI=1S/C17H33N3O2/c1-6-9-20-10-7-14(8-11-20)19-16(22)18-12-17(4,5)15(21)13(2)3/h6,13-15,21H,1,7-12H2,2-5H3,(H2,18,19,22)/t15-/m1/s1. The van der Waals surface area contributed by atoms with Crippen LogP contribution in [0.5, 0.6) is 0 Å². The lowest BCUT2D eigenvalue weighted by molar-refractivity contribution is 0.0151. The minimum Gasteiger partial charge on any atom is -0.392 e. The van der Waals surface area contributed by atoms with E-state index in [0.717, 1.165) is 32.5 Å². The van der Waals surface area contributed by atoms with Crippen molar-refractivity contribution in [3.63, 3.8) is 0 Å². The summed E-state index contributed by atoms with van der Waals surface area (Å²) in [5.41, 5.74) is -0.334. The molecule has 0 aromatic heterocycles. The van der Waals surface area contributed by atoms with Gasteiger partial charge in [0.2, 0.25) is 0 Å². The van der Waals surface area contributed by atoms with Gasteiger partial charge >= 0.3 is 6.03 Å². The van der Waals surface area contributed by atoms with Gasteiger partial charge in [0.1, 0.15) is 0 Å². The third-order valence-corrected chi connectivity index (χ3v) is 4.45. The van der Waals surface area contributed by atoms with E-state index in [4.69, 9.17) is 0 Å². The number of nitrogens with one attached hydrogen (secondary N) is 2. The Kier molecular flexibility index (Phi) is 7.36. The molecule has 5 nitrogen and oxygen atoms in total. The van der Waals surface area contributed by atoms with E-state index in [1.165, 1.54) is 0 Å². The van der Waals surface area contributed by atoms with E-state index in [-0.39, 0.29) is 23.4 Å². The van der Waals surface area contributed by atoms with E-state index in [2.05, 4.69) is 22.1 Å². The van der Waals surface area contributed by atoms with Gasteiger partial charge < -0.3 is 15.7 Å². The molecule has 0 radical (unpaired) electrons. The van der Waals surface area contributed by atoms with Crippen LogP contribution in [0.3, 0.4) is 0 Å². The van der Waals surface area contributed by atoms with Crippen LogP contribution < -0.4 is 10.6 Å². The van der Waals surface area contributed by atoms with Crippen LogP contribution in [-0.4, -0.2) is 54.4 Å². The van der Waals surface area contributed by atoms with Gasteiger partial charge in [0.15, 0.2) is 0 Å². The highest BCUT2D eigenvalue weighted by molar-refractivity contribution is 5.74. The quantitative estimate of drug-likeness (QED) is 0.630. The van der Waals surface area contributed by atoms with Gasteiger partial charge in [-0.25, -0.2) is 4.79 Å². The Morgan fingerprint density at radius 3 is 2.50 bits per heavy atom. The Balaban J connectivity index is 2.31. The Bertz CT molecular complexity index is 361. The fraction of sp³-hybridized carbons (Fsp3) is 0.824. The Labute approximate surface area is 135 Å². The summed E-state index contributed by atoms with van der Waals surface area (Å²) in [5.74, 6) is 0.175. The monoisotopic (exact) mass is 311 g/mol. The van der Waals surface area contributed by atoms with Crippen LogP contribution in [0.25, 0.3) is 0 Å². The van der Waals surface area contributed by atoms with Crippen molar-refractivity contribution < 1.29 is 9.90 Å². The number of carbonyl (C=O) groups is 1. The average molecular weight is 311 g/mol. The van der Waals surface area contributed by atoms with E-state index in [9.17, 15) is 9.90 Å². The molecular weight excluding hydrogens is 278 g/mol. The number of likely N-dealkylation sites (tertiary alicyclic amines) is 1. The number of aliphatic hydroxyl groups excluding tert-OH is 1. The van der Waals surface area contributed by atoms with Gasteiger partial charge in [-0.15, -0.1) is 6.58 Å². The minimum atomic E-state index is -0.435. The summed E-state index contributed by atoms with van der Waals surface area (Å²) in [6, 6.07) is 0.102. The maximum Gasteiger partial charge on any atom is 0.315 e. The first-order valence-electron chi connectivity index (χ1n) is 8.32. The van der Waals surface area contributed by atoms with Crippen LogP contribution in [0.2, 0.25) is 0 Å². The molecular formula is C17H33N3O2. The smallest absolute Gasteiger partial charge is 0.315 e. The molecule has 5 heteroatoms. The van der Waals surface area contributed by atoms with E-state index in [1.54, 1.807) is 0 Å². The Morgan fingerprint density at radius 1 is 1.41 bits per heavy atom. The zero-order chi connectivity index (χ0) is 16.8. The molecule has 22 heavy (non-hydrogen) atoms. The number of nitrogens with zero attached hydrogens (tertiary/aromatic N) is 1. The molecule has 1 aliphatic rings. The summed E-state index contributed by atoms with van der Waals surface area (Å²) in [7, 11) is 0. The number of hydrogen-bond acceptors (Lipinski definition) is 3. The van der Waals surface area contributed by atoms with Crippen molar-refractivity contribution >= 4 is 6.03 Å². The van der Waals surface area contributed by atoms with Crippen molar-refractivity contribution in [3.05, 3.63) is 12.7 Å². The number of hydrogen-bond donors (Lipinski definition) is 3. The number of urea groups is 1. The fourth-order valence-corrected chi connectivity index (χ4v) is 2.99. The first kappa shape index (κ1) is 19.0. The largest absolute Gasteiger partial charge is 0.392 e. The highest BCUT2D eigenvalue weighted by atomic mass is 16.3. The van der Waals surface area contributed by atoms with Gasteiger partial charge in [0, 0.05) is 37.6 Å². The maximum absolute atomic E-state index is 12.0. The van der Waals surface area contributed by atoms with Gasteiger partial charge in [0.05, 0.1) is 6.10 Å². The molecule has 0 saturated carbocycles. The van der Waals surface area contributed by atoms with Gasteiger partial charge in [-0.3, -0.25) is 4.90 Å². The van der Waals surface area contributed by atoms with Crippen LogP contribution >= 0.6 is 0 Å². The SMILES string of the molecule is C=CCN1CCC(NC(=O)NCC(C)(C)[C@H](O)C(C)C)CC1. The zero-order valence-electron chi connectivity index (χ0n) is 14.6. The van der Waals surface area contributed by atoms with E-state index < -0.39 is 6.10 Å². The molecule has 0 aliphatic carbocycles. The number of carbonyl (C=O) groups excluding carboxylic acids is 1. The molecule has 0 unspecified atom stereocenters. The van der Waals surface area contributed by atoms with Gasteiger partial charge in [-0.2, -0.15) is 0 Å². The lowest BCUT2D eigenvalue weighted by Gasteiger charge is -2.34. The van der Waals surface area contributed by atoms with Crippen LogP contribution in [0.4, 0.5) is 4.79 Å². The maximum atomic E-state index is 12.0. The molecule has 2 amide bonds. The normalized spacial score (nSPS) is 19.0. The second-order valence-electron chi connectivity index (χ2n) is 7.37. The van der Waals surface area contributed by atoms with Crippen LogP contribution in [-0.2, 0) is 0 Å². The third-order valence-electron chi connectivity index (χ3n) is 4.45. The lowest BCUT2D eigenvalue weighted by atomic mass is 9.81. The second kappa shape index (κ2) is 8.53. The highest BCUT2D eigenvalue weighted by Gasteiger charge is 2.30.